The molecule has 3 aromatic rings. The van der Waals surface area contributed by atoms with E-state index in [0.717, 1.165) is 11.1 Å². The number of alkyl halides is 2. The number of aryl methyl sites for hydroxylation is 1. The fourth-order valence-electron chi connectivity index (χ4n) is 2.54. The summed E-state index contributed by atoms with van der Waals surface area (Å²) in [5.74, 6) is -0.617. The van der Waals surface area contributed by atoms with Gasteiger partial charge in [-0.3, -0.25) is 9.48 Å². The van der Waals surface area contributed by atoms with Gasteiger partial charge in [0.15, 0.2) is 0 Å². The molecule has 1 amide bonds. The summed E-state index contributed by atoms with van der Waals surface area (Å²) in [7, 11) is 1.50. The van der Waals surface area contributed by atoms with E-state index >= 15 is 0 Å². The highest BCUT2D eigenvalue weighted by molar-refractivity contribution is 6.06. The summed E-state index contributed by atoms with van der Waals surface area (Å²) in [6.45, 7) is 0. The largest absolute Gasteiger partial charge is 0.321 e. The second-order valence-electron chi connectivity index (χ2n) is 5.69. The van der Waals surface area contributed by atoms with Gasteiger partial charge in [0.1, 0.15) is 5.69 Å². The Labute approximate surface area is 149 Å². The van der Waals surface area contributed by atoms with Crippen molar-refractivity contribution in [2.75, 3.05) is 5.32 Å². The molecule has 1 N–H and O–H groups in total. The van der Waals surface area contributed by atoms with E-state index in [1.54, 1.807) is 12.1 Å². The minimum Gasteiger partial charge on any atom is -0.321 e. The molecule has 26 heavy (non-hydrogen) atoms. The van der Waals surface area contributed by atoms with Gasteiger partial charge < -0.3 is 5.32 Å². The molecule has 0 saturated heterocycles. The van der Waals surface area contributed by atoms with Gasteiger partial charge in [0.2, 0.25) is 0 Å². The first-order chi connectivity index (χ1) is 12.5. The third-order valence-electron chi connectivity index (χ3n) is 3.77. The number of anilines is 1. The Morgan fingerprint density at radius 1 is 1.08 bits per heavy atom. The van der Waals surface area contributed by atoms with Crippen LogP contribution in [0.25, 0.3) is 12.2 Å². The van der Waals surface area contributed by atoms with Crippen LogP contribution in [0.5, 0.6) is 0 Å². The zero-order valence-corrected chi connectivity index (χ0v) is 14.1. The summed E-state index contributed by atoms with van der Waals surface area (Å²) in [4.78, 5) is 12.5. The molecule has 0 unspecified atom stereocenters. The Balaban J connectivity index is 1.85. The zero-order valence-electron chi connectivity index (χ0n) is 14.1. The number of hydrogen-bond acceptors (Lipinski definition) is 2. The lowest BCUT2D eigenvalue weighted by Crippen LogP contribution is -2.14. The number of nitrogens with zero attached hydrogens (tertiary/aromatic N) is 2. The predicted octanol–water partition coefficient (Wildman–Crippen LogP) is 4.78. The van der Waals surface area contributed by atoms with E-state index in [-0.39, 0.29) is 5.56 Å². The van der Waals surface area contributed by atoms with E-state index in [2.05, 4.69) is 10.4 Å². The van der Waals surface area contributed by atoms with E-state index in [1.165, 1.54) is 17.9 Å². The summed E-state index contributed by atoms with van der Waals surface area (Å²) in [5.41, 5.74) is 1.66. The molecular weight excluding hydrogens is 336 g/mol. The third kappa shape index (κ3) is 4.03. The fraction of sp³-hybridized carbons (Fsp3) is 0.100. The highest BCUT2D eigenvalue weighted by atomic mass is 19.3. The smallest absolute Gasteiger partial charge is 0.282 e. The van der Waals surface area contributed by atoms with Gasteiger partial charge in [-0.25, -0.2) is 8.78 Å². The van der Waals surface area contributed by atoms with Crippen molar-refractivity contribution < 1.29 is 13.6 Å². The van der Waals surface area contributed by atoms with Crippen LogP contribution in [0.2, 0.25) is 0 Å². The number of halogens is 2. The molecule has 1 aromatic heterocycles. The van der Waals surface area contributed by atoms with Crippen molar-refractivity contribution in [3.63, 3.8) is 0 Å². The first kappa shape index (κ1) is 17.5. The maximum atomic E-state index is 13.1. The maximum Gasteiger partial charge on any atom is 0.282 e. The molecule has 132 valence electrons. The Kier molecular flexibility index (Phi) is 5.22. The van der Waals surface area contributed by atoms with Crippen molar-refractivity contribution in [1.29, 1.82) is 0 Å². The average molecular weight is 353 g/mol. The molecular formula is C20H17F2N3O. The monoisotopic (exact) mass is 353 g/mol. The van der Waals surface area contributed by atoms with Crippen LogP contribution < -0.4 is 5.32 Å². The van der Waals surface area contributed by atoms with Crippen molar-refractivity contribution >= 4 is 23.7 Å². The molecule has 0 saturated carbocycles. The van der Waals surface area contributed by atoms with Gasteiger partial charge in [-0.05, 0) is 17.2 Å². The fourth-order valence-corrected chi connectivity index (χ4v) is 2.54. The standard InChI is InChI=1S/C20H17F2N3O/c1-25-13-16(18(24-25)19(21)22)20(26)23-17-10-6-5-9-15(17)12-11-14-7-3-2-4-8-14/h2-13,19H,1H3,(H,23,26)/b12-11+. The van der Waals surface area contributed by atoms with Crippen molar-refractivity contribution in [3.8, 4) is 0 Å². The van der Waals surface area contributed by atoms with Gasteiger partial charge in [-0.1, -0.05) is 60.7 Å². The van der Waals surface area contributed by atoms with Gasteiger partial charge in [0, 0.05) is 18.9 Å². The highest BCUT2D eigenvalue weighted by Crippen LogP contribution is 2.24. The minimum absolute atomic E-state index is 0.135. The molecule has 0 radical (unpaired) electrons. The van der Waals surface area contributed by atoms with Crippen molar-refractivity contribution in [1.82, 2.24) is 9.78 Å². The summed E-state index contributed by atoms with van der Waals surface area (Å²) in [5, 5.41) is 6.36. The van der Waals surface area contributed by atoms with Crippen LogP contribution in [0.3, 0.4) is 0 Å². The highest BCUT2D eigenvalue weighted by Gasteiger charge is 2.23. The molecule has 6 heteroatoms. The third-order valence-corrected chi connectivity index (χ3v) is 3.77. The van der Waals surface area contributed by atoms with Crippen LogP contribution in [0.4, 0.5) is 14.5 Å². The molecule has 3 rings (SSSR count). The number of benzene rings is 2. The first-order valence-electron chi connectivity index (χ1n) is 8.00. The van der Waals surface area contributed by atoms with E-state index < -0.39 is 18.0 Å². The van der Waals surface area contributed by atoms with Gasteiger partial charge in [-0.2, -0.15) is 5.10 Å². The van der Waals surface area contributed by atoms with Crippen molar-refractivity contribution in [3.05, 3.63) is 83.2 Å². The van der Waals surface area contributed by atoms with Crippen LogP contribution in [-0.2, 0) is 7.05 Å². The number of nitrogens with one attached hydrogen (secondary N) is 1. The lowest BCUT2D eigenvalue weighted by Gasteiger charge is -2.08. The number of para-hydroxylation sites is 1. The van der Waals surface area contributed by atoms with E-state index in [9.17, 15) is 13.6 Å². The number of carbonyl (C=O) groups excluding carboxylic acids is 1. The molecule has 0 atom stereocenters. The number of amides is 1. The summed E-state index contributed by atoms with van der Waals surface area (Å²) < 4.78 is 27.3. The summed E-state index contributed by atoms with van der Waals surface area (Å²) in [6.07, 6.45) is 2.26. The van der Waals surface area contributed by atoms with E-state index in [4.69, 9.17) is 0 Å². The summed E-state index contributed by atoms with van der Waals surface area (Å²) in [6, 6.07) is 16.9. The van der Waals surface area contributed by atoms with Crippen LogP contribution >= 0.6 is 0 Å². The zero-order chi connectivity index (χ0) is 18.5. The maximum absolute atomic E-state index is 13.1. The van der Waals surface area contributed by atoms with E-state index in [1.807, 2.05) is 54.6 Å². The number of rotatable bonds is 5. The van der Waals surface area contributed by atoms with Crippen LogP contribution in [0.15, 0.2) is 60.8 Å². The Bertz CT molecular complexity index is 933. The number of carbonyl (C=O) groups is 1. The first-order valence-corrected chi connectivity index (χ1v) is 8.00. The van der Waals surface area contributed by atoms with Crippen molar-refractivity contribution in [2.45, 2.75) is 6.43 Å². The second kappa shape index (κ2) is 7.74. The Hall–Kier alpha value is -3.28. The minimum atomic E-state index is -2.81. The normalized spacial score (nSPS) is 11.2. The van der Waals surface area contributed by atoms with Crippen LogP contribution in [-0.4, -0.2) is 15.7 Å². The Morgan fingerprint density at radius 2 is 1.77 bits per heavy atom. The number of aromatic nitrogens is 2. The molecule has 2 aromatic carbocycles. The summed E-state index contributed by atoms with van der Waals surface area (Å²) >= 11 is 0. The van der Waals surface area contributed by atoms with Gasteiger partial charge in [0.05, 0.1) is 5.56 Å². The molecule has 0 spiro atoms. The molecule has 0 bridgehead atoms. The predicted molar refractivity (Wildman–Crippen MR) is 97.9 cm³/mol. The second-order valence-corrected chi connectivity index (χ2v) is 5.69. The molecule has 0 aliphatic carbocycles. The molecule has 4 nitrogen and oxygen atoms in total. The van der Waals surface area contributed by atoms with Crippen LogP contribution in [0, 0.1) is 0 Å². The van der Waals surface area contributed by atoms with Crippen molar-refractivity contribution in [2.24, 2.45) is 7.05 Å². The van der Waals surface area contributed by atoms with Gasteiger partial charge in [-0.15, -0.1) is 0 Å². The van der Waals surface area contributed by atoms with Gasteiger partial charge >= 0.3 is 0 Å². The van der Waals surface area contributed by atoms with Crippen LogP contribution in [0.1, 0.15) is 33.6 Å². The topological polar surface area (TPSA) is 46.9 Å². The molecule has 0 aliphatic heterocycles. The van der Waals surface area contributed by atoms with E-state index in [0.29, 0.717) is 5.69 Å². The average Bonchev–Trinajstić information content (AvgIpc) is 3.04. The Morgan fingerprint density at radius 3 is 2.50 bits per heavy atom. The molecule has 1 heterocycles. The van der Waals surface area contributed by atoms with Gasteiger partial charge in [0.25, 0.3) is 12.3 Å². The molecule has 0 aliphatic rings. The lowest BCUT2D eigenvalue weighted by atomic mass is 10.1. The quantitative estimate of drug-likeness (QED) is 0.671. The SMILES string of the molecule is Cn1cc(C(=O)Nc2ccccc2/C=C/c2ccccc2)c(C(F)F)n1. The lowest BCUT2D eigenvalue weighted by molar-refractivity contribution is 0.101. The molecule has 0 fully saturated rings. The number of hydrogen-bond donors (Lipinski definition) is 1.